The highest BCUT2D eigenvalue weighted by Gasteiger charge is 2.24. The molecule has 0 saturated carbocycles. The number of quaternary nitrogens is 1. The summed E-state index contributed by atoms with van der Waals surface area (Å²) in [5, 5.41) is 7.97. The molecule has 0 aliphatic heterocycles. The van der Waals surface area contributed by atoms with Gasteiger partial charge in [0.15, 0.2) is 12.6 Å². The predicted octanol–water partition coefficient (Wildman–Crippen LogP) is 2.33. The van der Waals surface area contributed by atoms with Crippen LogP contribution in [0.4, 0.5) is 11.4 Å². The van der Waals surface area contributed by atoms with Crippen molar-refractivity contribution in [3.05, 3.63) is 66.7 Å². The van der Waals surface area contributed by atoms with Crippen LogP contribution in [-0.2, 0) is 9.59 Å². The van der Waals surface area contributed by atoms with E-state index >= 15 is 0 Å². The highest BCUT2D eigenvalue weighted by Crippen LogP contribution is 2.19. The molecule has 150 valence electrons. The highest BCUT2D eigenvalue weighted by molar-refractivity contribution is 5.97. The van der Waals surface area contributed by atoms with E-state index in [1.54, 1.807) is 19.2 Å². The lowest BCUT2D eigenvalue weighted by atomic mass is 10.1. The molecule has 3 rings (SSSR count). The van der Waals surface area contributed by atoms with E-state index in [9.17, 15) is 9.59 Å². The number of likely N-dealkylation sites (N-methyl/N-ethyl adjacent to an activating group) is 1. The maximum Gasteiger partial charge on any atom is 0.282 e. The second kappa shape index (κ2) is 9.21. The van der Waals surface area contributed by atoms with Gasteiger partial charge in [0.05, 0.1) is 14.2 Å². The van der Waals surface area contributed by atoms with Crippen LogP contribution < -0.4 is 20.3 Å². The number of hydrogen-bond acceptors (Lipinski definition) is 3. The Balaban J connectivity index is 1.57. The van der Waals surface area contributed by atoms with Gasteiger partial charge in [0, 0.05) is 17.4 Å². The van der Waals surface area contributed by atoms with Gasteiger partial charge in [-0.1, -0.05) is 36.4 Å². The summed E-state index contributed by atoms with van der Waals surface area (Å²) in [5.41, 5.74) is 1.41. The van der Waals surface area contributed by atoms with Crippen molar-refractivity contribution >= 4 is 34.0 Å². The Hall–Kier alpha value is -3.38. The largest absolute Gasteiger partial charge is 0.497 e. The fraction of sp³-hybridized carbons (Fsp3) is 0.217. The Labute approximate surface area is 170 Å². The smallest absolute Gasteiger partial charge is 0.282 e. The number of methoxy groups -OCH3 is 1. The van der Waals surface area contributed by atoms with Crippen molar-refractivity contribution in [3.8, 4) is 5.75 Å². The molecular weight excluding hydrogens is 366 g/mol. The van der Waals surface area contributed by atoms with Gasteiger partial charge in [-0.2, -0.15) is 0 Å². The maximum atomic E-state index is 12.6. The molecule has 29 heavy (non-hydrogen) atoms. The number of carbonyl (C=O) groups excluding carboxylic acids is 2. The molecule has 2 atom stereocenters. The molecule has 0 fully saturated rings. The standard InChI is InChI=1S/C23H25N3O3/c1-16(23(28)25-20-12-11-17-7-4-5-8-18(17)13-20)26(2)15-22(27)24-19-9-6-10-21(14-19)29-3/h4-14,16H,15H2,1-3H3,(H,24,27)(H,25,28)/p+1/t16-/m0/s1. The molecule has 0 aliphatic rings. The normalized spacial score (nSPS) is 12.8. The Bertz CT molecular complexity index is 1020. The summed E-state index contributed by atoms with van der Waals surface area (Å²) in [6.07, 6.45) is 0. The molecule has 1 unspecified atom stereocenters. The van der Waals surface area contributed by atoms with Gasteiger partial charge in [0.25, 0.3) is 11.8 Å². The Morgan fingerprint density at radius 3 is 2.41 bits per heavy atom. The zero-order valence-corrected chi connectivity index (χ0v) is 16.9. The summed E-state index contributed by atoms with van der Waals surface area (Å²) in [5.74, 6) is 0.375. The molecule has 2 amide bonds. The number of hydrogen-bond donors (Lipinski definition) is 3. The van der Waals surface area contributed by atoms with E-state index in [-0.39, 0.29) is 18.4 Å². The number of anilines is 2. The van der Waals surface area contributed by atoms with Gasteiger partial charge in [-0.15, -0.1) is 0 Å². The lowest BCUT2D eigenvalue weighted by molar-refractivity contribution is -0.885. The van der Waals surface area contributed by atoms with E-state index in [1.807, 2.05) is 68.6 Å². The molecule has 0 saturated heterocycles. The molecule has 0 radical (unpaired) electrons. The van der Waals surface area contributed by atoms with Crippen LogP contribution in [0.25, 0.3) is 10.8 Å². The van der Waals surface area contributed by atoms with Gasteiger partial charge in [0.1, 0.15) is 5.75 Å². The molecule has 0 heterocycles. The van der Waals surface area contributed by atoms with E-state index < -0.39 is 6.04 Å². The van der Waals surface area contributed by atoms with Crippen molar-refractivity contribution in [3.63, 3.8) is 0 Å². The lowest BCUT2D eigenvalue weighted by Gasteiger charge is -2.20. The van der Waals surface area contributed by atoms with Crippen molar-refractivity contribution in [2.45, 2.75) is 13.0 Å². The number of nitrogens with one attached hydrogen (secondary N) is 3. The van der Waals surface area contributed by atoms with Crippen molar-refractivity contribution in [2.24, 2.45) is 0 Å². The fourth-order valence-corrected chi connectivity index (χ4v) is 3.05. The van der Waals surface area contributed by atoms with Gasteiger partial charge >= 0.3 is 0 Å². The van der Waals surface area contributed by atoms with Crippen LogP contribution in [0.2, 0.25) is 0 Å². The fourth-order valence-electron chi connectivity index (χ4n) is 3.05. The maximum absolute atomic E-state index is 12.6. The van der Waals surface area contributed by atoms with E-state index in [1.165, 1.54) is 0 Å². The van der Waals surface area contributed by atoms with Gasteiger partial charge < -0.3 is 20.3 Å². The highest BCUT2D eigenvalue weighted by atomic mass is 16.5. The number of amides is 2. The summed E-state index contributed by atoms with van der Waals surface area (Å²) in [7, 11) is 3.41. The number of benzene rings is 3. The molecule has 3 aromatic carbocycles. The molecule has 0 spiro atoms. The number of ether oxygens (including phenoxy) is 1. The van der Waals surface area contributed by atoms with Crippen molar-refractivity contribution < 1.29 is 19.2 Å². The summed E-state index contributed by atoms with van der Waals surface area (Å²) < 4.78 is 5.16. The van der Waals surface area contributed by atoms with Crippen LogP contribution in [0.3, 0.4) is 0 Å². The van der Waals surface area contributed by atoms with Crippen LogP contribution in [0.1, 0.15) is 6.92 Å². The first-order chi connectivity index (χ1) is 14.0. The molecule has 3 N–H and O–H groups in total. The molecular formula is C23H26N3O3+. The first kappa shape index (κ1) is 20.4. The van der Waals surface area contributed by atoms with Gasteiger partial charge in [-0.3, -0.25) is 9.59 Å². The molecule has 3 aromatic rings. The number of rotatable bonds is 7. The Kier molecular flexibility index (Phi) is 6.46. The van der Waals surface area contributed by atoms with Crippen molar-refractivity contribution in [2.75, 3.05) is 31.3 Å². The van der Waals surface area contributed by atoms with Crippen LogP contribution >= 0.6 is 0 Å². The van der Waals surface area contributed by atoms with Crippen molar-refractivity contribution in [1.29, 1.82) is 0 Å². The van der Waals surface area contributed by atoms with Crippen LogP contribution in [0.15, 0.2) is 66.7 Å². The summed E-state index contributed by atoms with van der Waals surface area (Å²) >= 11 is 0. The van der Waals surface area contributed by atoms with E-state index in [0.29, 0.717) is 11.4 Å². The first-order valence-electron chi connectivity index (χ1n) is 9.52. The second-order valence-electron chi connectivity index (χ2n) is 7.08. The minimum Gasteiger partial charge on any atom is -0.497 e. The number of carbonyl (C=O) groups is 2. The van der Waals surface area contributed by atoms with E-state index in [2.05, 4.69) is 10.6 Å². The zero-order chi connectivity index (χ0) is 20.8. The van der Waals surface area contributed by atoms with Crippen molar-refractivity contribution in [1.82, 2.24) is 0 Å². The molecule has 0 aromatic heterocycles. The Morgan fingerprint density at radius 1 is 0.931 bits per heavy atom. The van der Waals surface area contributed by atoms with E-state index in [0.717, 1.165) is 21.4 Å². The number of fused-ring (bicyclic) bond motifs is 1. The summed E-state index contributed by atoms with van der Waals surface area (Å²) in [4.78, 5) is 25.8. The monoisotopic (exact) mass is 392 g/mol. The average Bonchev–Trinajstić information content (AvgIpc) is 2.73. The third-order valence-corrected chi connectivity index (χ3v) is 4.94. The molecule has 6 nitrogen and oxygen atoms in total. The van der Waals surface area contributed by atoms with Crippen LogP contribution in [0.5, 0.6) is 5.75 Å². The van der Waals surface area contributed by atoms with Crippen LogP contribution in [0, 0.1) is 0 Å². The quantitative estimate of drug-likeness (QED) is 0.578. The zero-order valence-electron chi connectivity index (χ0n) is 16.9. The second-order valence-corrected chi connectivity index (χ2v) is 7.08. The predicted molar refractivity (Wildman–Crippen MR) is 115 cm³/mol. The minimum absolute atomic E-state index is 0.132. The molecule has 0 aliphatic carbocycles. The summed E-state index contributed by atoms with van der Waals surface area (Å²) in [6.45, 7) is 1.98. The molecule has 6 heteroatoms. The third kappa shape index (κ3) is 5.33. The molecule has 0 bridgehead atoms. The summed E-state index contributed by atoms with van der Waals surface area (Å²) in [6, 6.07) is 20.6. The first-order valence-corrected chi connectivity index (χ1v) is 9.52. The van der Waals surface area contributed by atoms with Gasteiger partial charge in [-0.25, -0.2) is 0 Å². The Morgan fingerprint density at radius 2 is 1.66 bits per heavy atom. The minimum atomic E-state index is -0.391. The van der Waals surface area contributed by atoms with E-state index in [4.69, 9.17) is 4.74 Å². The van der Waals surface area contributed by atoms with Gasteiger partial charge in [0.2, 0.25) is 0 Å². The lowest BCUT2D eigenvalue weighted by Crippen LogP contribution is -3.14. The van der Waals surface area contributed by atoms with Crippen LogP contribution in [-0.4, -0.2) is 38.6 Å². The topological polar surface area (TPSA) is 71.9 Å². The average molecular weight is 392 g/mol. The third-order valence-electron chi connectivity index (χ3n) is 4.94. The SMILES string of the molecule is COc1cccc(NC(=O)C[NH+](C)[C@@H](C)C(=O)Nc2ccc3ccccc3c2)c1. The van der Waals surface area contributed by atoms with Gasteiger partial charge in [-0.05, 0) is 42.0 Å².